The van der Waals surface area contributed by atoms with E-state index in [9.17, 15) is 18.5 Å². The molecule has 0 spiro atoms. The molecule has 1 atom stereocenters. The number of piperidine rings is 1. The molecule has 1 fully saturated rings. The molecule has 1 heterocycles. The number of non-ortho nitro benzene ring substituents is 1. The van der Waals surface area contributed by atoms with Gasteiger partial charge in [-0.05, 0) is 37.9 Å². The average molecular weight is 299 g/mol. The van der Waals surface area contributed by atoms with Crippen LogP contribution < -0.4 is 10.0 Å². The predicted octanol–water partition coefficient (Wildman–Crippen LogP) is 0.934. The number of nitro groups is 1. The van der Waals surface area contributed by atoms with E-state index in [0.29, 0.717) is 12.1 Å². The van der Waals surface area contributed by atoms with Gasteiger partial charge in [0.1, 0.15) is 0 Å². The first-order valence-electron chi connectivity index (χ1n) is 6.38. The maximum absolute atomic E-state index is 12.3. The molecule has 0 aliphatic carbocycles. The summed E-state index contributed by atoms with van der Waals surface area (Å²) in [6, 6.07) is 3.63. The highest BCUT2D eigenvalue weighted by atomic mass is 32.2. The Hall–Kier alpha value is -1.51. The number of benzene rings is 1. The molecule has 20 heavy (non-hydrogen) atoms. The standard InChI is InChI=1S/C12H17N3O4S/c1-9-7-11(15(16)17)4-5-12(9)20(18,19)14-10-3-2-6-13-8-10/h4-5,7,10,13-14H,2-3,6,8H2,1H3/t10-/m0/s1. The molecule has 2 N–H and O–H groups in total. The quantitative estimate of drug-likeness (QED) is 0.636. The zero-order chi connectivity index (χ0) is 14.8. The van der Waals surface area contributed by atoms with Crippen LogP contribution in [0.1, 0.15) is 18.4 Å². The minimum Gasteiger partial charge on any atom is -0.315 e. The van der Waals surface area contributed by atoms with E-state index in [1.807, 2.05) is 0 Å². The maximum Gasteiger partial charge on any atom is 0.269 e. The van der Waals surface area contributed by atoms with E-state index in [4.69, 9.17) is 0 Å². The zero-order valence-electron chi connectivity index (χ0n) is 11.1. The number of nitrogens with zero attached hydrogens (tertiary/aromatic N) is 1. The Morgan fingerprint density at radius 3 is 2.75 bits per heavy atom. The van der Waals surface area contributed by atoms with Crippen LogP contribution >= 0.6 is 0 Å². The van der Waals surface area contributed by atoms with Crippen LogP contribution in [0.15, 0.2) is 23.1 Å². The second-order valence-corrected chi connectivity index (χ2v) is 6.55. The summed E-state index contributed by atoms with van der Waals surface area (Å²) in [5, 5.41) is 13.8. The first kappa shape index (κ1) is 14.9. The van der Waals surface area contributed by atoms with Gasteiger partial charge in [-0.3, -0.25) is 10.1 Å². The first-order chi connectivity index (χ1) is 9.40. The van der Waals surface area contributed by atoms with Crippen LogP contribution in [0.25, 0.3) is 0 Å². The number of rotatable bonds is 4. The van der Waals surface area contributed by atoms with Crippen molar-refractivity contribution in [2.24, 2.45) is 0 Å². The Bertz CT molecular complexity index is 609. The summed E-state index contributed by atoms with van der Waals surface area (Å²) >= 11 is 0. The van der Waals surface area contributed by atoms with Gasteiger partial charge < -0.3 is 5.32 Å². The molecule has 0 bridgehead atoms. The third-order valence-electron chi connectivity index (χ3n) is 3.28. The molecule has 110 valence electrons. The van der Waals surface area contributed by atoms with Crippen LogP contribution in [0.2, 0.25) is 0 Å². The van der Waals surface area contributed by atoms with Gasteiger partial charge in [-0.1, -0.05) is 0 Å². The van der Waals surface area contributed by atoms with Crippen LogP contribution in [0.3, 0.4) is 0 Å². The smallest absolute Gasteiger partial charge is 0.269 e. The van der Waals surface area contributed by atoms with Crippen LogP contribution in [0.4, 0.5) is 5.69 Å². The van der Waals surface area contributed by atoms with Crippen molar-refractivity contribution in [2.75, 3.05) is 13.1 Å². The average Bonchev–Trinajstić information content (AvgIpc) is 2.38. The van der Waals surface area contributed by atoms with Crippen molar-refractivity contribution in [3.63, 3.8) is 0 Å². The summed E-state index contributed by atoms with van der Waals surface area (Å²) in [7, 11) is -3.65. The second kappa shape index (κ2) is 5.86. The molecule has 8 heteroatoms. The second-order valence-electron chi connectivity index (χ2n) is 4.87. The third-order valence-corrected chi connectivity index (χ3v) is 4.96. The van der Waals surface area contributed by atoms with Gasteiger partial charge in [0.05, 0.1) is 9.82 Å². The van der Waals surface area contributed by atoms with E-state index in [0.717, 1.165) is 19.4 Å². The summed E-state index contributed by atoms with van der Waals surface area (Å²) in [4.78, 5) is 10.2. The van der Waals surface area contributed by atoms with E-state index >= 15 is 0 Å². The van der Waals surface area contributed by atoms with Gasteiger partial charge in [0.15, 0.2) is 0 Å². The van der Waals surface area contributed by atoms with Gasteiger partial charge in [0.2, 0.25) is 10.0 Å². The first-order valence-corrected chi connectivity index (χ1v) is 7.86. The Morgan fingerprint density at radius 2 is 2.20 bits per heavy atom. The fraction of sp³-hybridized carbons (Fsp3) is 0.500. The Morgan fingerprint density at radius 1 is 1.45 bits per heavy atom. The molecule has 0 aromatic heterocycles. The van der Waals surface area contributed by atoms with E-state index in [1.165, 1.54) is 18.2 Å². The summed E-state index contributed by atoms with van der Waals surface area (Å²) in [6.07, 6.45) is 1.71. The lowest BCUT2D eigenvalue weighted by atomic mass is 10.1. The molecule has 1 aliphatic heterocycles. The predicted molar refractivity (Wildman–Crippen MR) is 74.0 cm³/mol. The van der Waals surface area contributed by atoms with Gasteiger partial charge in [-0.25, -0.2) is 13.1 Å². The summed E-state index contributed by atoms with van der Waals surface area (Å²) in [6.45, 7) is 3.06. The van der Waals surface area contributed by atoms with Crippen molar-refractivity contribution in [3.05, 3.63) is 33.9 Å². The molecule has 0 radical (unpaired) electrons. The SMILES string of the molecule is Cc1cc([N+](=O)[O-])ccc1S(=O)(=O)N[C@H]1CCCNC1. The zero-order valence-corrected chi connectivity index (χ0v) is 11.9. The largest absolute Gasteiger partial charge is 0.315 e. The molecule has 1 saturated heterocycles. The lowest BCUT2D eigenvalue weighted by molar-refractivity contribution is -0.385. The van der Waals surface area contributed by atoms with Gasteiger partial charge in [0.25, 0.3) is 5.69 Å². The van der Waals surface area contributed by atoms with Crippen LogP contribution in [0, 0.1) is 17.0 Å². The summed E-state index contributed by atoms with van der Waals surface area (Å²) in [5.41, 5.74) is 0.260. The molecular formula is C12H17N3O4S. The number of sulfonamides is 1. The minimum absolute atomic E-state index is 0.0914. The van der Waals surface area contributed by atoms with E-state index in [1.54, 1.807) is 6.92 Å². The minimum atomic E-state index is -3.65. The van der Waals surface area contributed by atoms with Gasteiger partial charge >= 0.3 is 0 Å². The summed E-state index contributed by atoms with van der Waals surface area (Å²) in [5.74, 6) is 0. The molecule has 0 unspecified atom stereocenters. The van der Waals surface area contributed by atoms with Gasteiger partial charge in [0, 0.05) is 24.7 Å². The molecule has 0 saturated carbocycles. The molecular weight excluding hydrogens is 282 g/mol. The van der Waals surface area contributed by atoms with Crippen molar-refractivity contribution >= 4 is 15.7 Å². The van der Waals surface area contributed by atoms with Gasteiger partial charge in [-0.2, -0.15) is 0 Å². The number of nitro benzene ring substituents is 1. The van der Waals surface area contributed by atoms with Crippen molar-refractivity contribution in [1.82, 2.24) is 10.0 Å². The molecule has 7 nitrogen and oxygen atoms in total. The lowest BCUT2D eigenvalue weighted by Gasteiger charge is -2.23. The van der Waals surface area contributed by atoms with Crippen molar-refractivity contribution in [1.29, 1.82) is 0 Å². The summed E-state index contributed by atoms with van der Waals surface area (Å²) < 4.78 is 27.2. The van der Waals surface area contributed by atoms with Crippen molar-refractivity contribution < 1.29 is 13.3 Å². The number of hydrogen-bond acceptors (Lipinski definition) is 5. The lowest BCUT2D eigenvalue weighted by Crippen LogP contribution is -2.45. The molecule has 1 aliphatic rings. The van der Waals surface area contributed by atoms with Crippen LogP contribution in [-0.4, -0.2) is 32.5 Å². The van der Waals surface area contributed by atoms with Crippen molar-refractivity contribution in [2.45, 2.75) is 30.7 Å². The van der Waals surface area contributed by atoms with Crippen LogP contribution in [0.5, 0.6) is 0 Å². The topological polar surface area (TPSA) is 101 Å². The molecule has 1 aromatic carbocycles. The molecule has 0 amide bonds. The maximum atomic E-state index is 12.3. The van der Waals surface area contributed by atoms with Crippen molar-refractivity contribution in [3.8, 4) is 0 Å². The molecule has 2 rings (SSSR count). The number of nitrogens with one attached hydrogen (secondary N) is 2. The van der Waals surface area contributed by atoms with E-state index in [-0.39, 0.29) is 16.6 Å². The Labute approximate surface area is 117 Å². The highest BCUT2D eigenvalue weighted by Crippen LogP contribution is 2.21. The van der Waals surface area contributed by atoms with E-state index in [2.05, 4.69) is 10.0 Å². The van der Waals surface area contributed by atoms with Crippen LogP contribution in [-0.2, 0) is 10.0 Å². The Balaban J connectivity index is 2.22. The third kappa shape index (κ3) is 3.33. The fourth-order valence-electron chi connectivity index (χ4n) is 2.28. The van der Waals surface area contributed by atoms with E-state index < -0.39 is 14.9 Å². The number of aryl methyl sites for hydroxylation is 1. The van der Waals surface area contributed by atoms with Gasteiger partial charge in [-0.15, -0.1) is 0 Å². The normalized spacial score (nSPS) is 19.8. The highest BCUT2D eigenvalue weighted by Gasteiger charge is 2.24. The fourth-order valence-corrected chi connectivity index (χ4v) is 3.78. The number of hydrogen-bond donors (Lipinski definition) is 2. The Kier molecular flexibility index (Phi) is 4.36. The highest BCUT2D eigenvalue weighted by molar-refractivity contribution is 7.89. The molecule has 1 aromatic rings. The monoisotopic (exact) mass is 299 g/mol.